The van der Waals surface area contributed by atoms with Crippen molar-refractivity contribution in [1.82, 2.24) is 5.32 Å². The zero-order chi connectivity index (χ0) is 13.0. The Morgan fingerprint density at radius 3 is 2.65 bits per heavy atom. The Balaban J connectivity index is 3.38. The third kappa shape index (κ3) is 2.62. The standard InChI is InChI=1S/C12H15NO4/c1-7(13-2)10-5-8(12(16)17-3)4-9(6-14)11(10)15/h4-7,13,15H,1-3H3/t7-/m0/s1. The van der Waals surface area contributed by atoms with E-state index in [0.29, 0.717) is 11.8 Å². The van der Waals surface area contributed by atoms with E-state index in [1.807, 2.05) is 6.92 Å². The average Bonchev–Trinajstić information content (AvgIpc) is 2.37. The summed E-state index contributed by atoms with van der Waals surface area (Å²) >= 11 is 0. The van der Waals surface area contributed by atoms with E-state index in [1.165, 1.54) is 19.2 Å². The van der Waals surface area contributed by atoms with Gasteiger partial charge in [-0.15, -0.1) is 0 Å². The zero-order valence-corrected chi connectivity index (χ0v) is 9.98. The minimum absolute atomic E-state index is 0.0741. The lowest BCUT2D eigenvalue weighted by molar-refractivity contribution is 0.0600. The van der Waals surface area contributed by atoms with Crippen LogP contribution in [0.4, 0.5) is 0 Å². The molecule has 1 atom stereocenters. The molecule has 1 aromatic rings. The van der Waals surface area contributed by atoms with Crippen LogP contribution in [-0.2, 0) is 4.74 Å². The minimum Gasteiger partial charge on any atom is -0.507 e. The van der Waals surface area contributed by atoms with Gasteiger partial charge in [-0.1, -0.05) is 0 Å². The van der Waals surface area contributed by atoms with Crippen LogP contribution in [-0.4, -0.2) is 31.5 Å². The average molecular weight is 237 g/mol. The van der Waals surface area contributed by atoms with E-state index >= 15 is 0 Å². The highest BCUT2D eigenvalue weighted by Crippen LogP contribution is 2.28. The van der Waals surface area contributed by atoms with E-state index in [4.69, 9.17) is 0 Å². The van der Waals surface area contributed by atoms with Crippen LogP contribution in [0, 0.1) is 0 Å². The second kappa shape index (κ2) is 5.45. The monoisotopic (exact) mass is 237 g/mol. The summed E-state index contributed by atoms with van der Waals surface area (Å²) in [5.74, 6) is -0.660. The van der Waals surface area contributed by atoms with Crippen LogP contribution in [0.25, 0.3) is 0 Å². The topological polar surface area (TPSA) is 75.6 Å². The maximum absolute atomic E-state index is 11.4. The second-order valence-electron chi connectivity index (χ2n) is 3.62. The molecule has 0 aliphatic carbocycles. The highest BCUT2D eigenvalue weighted by atomic mass is 16.5. The molecule has 0 heterocycles. The number of hydrogen-bond acceptors (Lipinski definition) is 5. The lowest BCUT2D eigenvalue weighted by atomic mass is 10.00. The fourth-order valence-corrected chi connectivity index (χ4v) is 1.49. The first-order chi connectivity index (χ1) is 8.04. The number of ether oxygens (including phenoxy) is 1. The van der Waals surface area contributed by atoms with Gasteiger partial charge in [0.25, 0.3) is 0 Å². The number of nitrogens with one attached hydrogen (secondary N) is 1. The highest BCUT2D eigenvalue weighted by molar-refractivity contribution is 5.93. The molecule has 0 bridgehead atoms. The first-order valence-corrected chi connectivity index (χ1v) is 5.12. The predicted molar refractivity (Wildman–Crippen MR) is 62.3 cm³/mol. The number of methoxy groups -OCH3 is 1. The molecule has 17 heavy (non-hydrogen) atoms. The van der Waals surface area contributed by atoms with E-state index in [0.717, 1.165) is 0 Å². The van der Waals surface area contributed by atoms with E-state index in [-0.39, 0.29) is 22.9 Å². The van der Waals surface area contributed by atoms with E-state index in [1.54, 1.807) is 7.05 Å². The molecule has 2 N–H and O–H groups in total. The van der Waals surface area contributed by atoms with Gasteiger partial charge in [0.15, 0.2) is 6.29 Å². The number of aromatic hydroxyl groups is 1. The lowest BCUT2D eigenvalue weighted by Crippen LogP contribution is -2.14. The molecule has 0 radical (unpaired) electrons. The van der Waals surface area contributed by atoms with Crippen LogP contribution >= 0.6 is 0 Å². The van der Waals surface area contributed by atoms with Crippen molar-refractivity contribution < 1.29 is 19.4 Å². The van der Waals surface area contributed by atoms with Crippen molar-refractivity contribution >= 4 is 12.3 Å². The Kier molecular flexibility index (Phi) is 4.23. The lowest BCUT2D eigenvalue weighted by Gasteiger charge is -2.15. The van der Waals surface area contributed by atoms with Gasteiger partial charge in [-0.2, -0.15) is 0 Å². The van der Waals surface area contributed by atoms with Gasteiger partial charge >= 0.3 is 5.97 Å². The van der Waals surface area contributed by atoms with Crippen molar-refractivity contribution in [3.05, 3.63) is 28.8 Å². The van der Waals surface area contributed by atoms with Gasteiger partial charge in [0, 0.05) is 11.6 Å². The van der Waals surface area contributed by atoms with E-state index < -0.39 is 5.97 Å². The fourth-order valence-electron chi connectivity index (χ4n) is 1.49. The first kappa shape index (κ1) is 13.2. The Hall–Kier alpha value is -1.88. The molecule has 92 valence electrons. The molecule has 0 fully saturated rings. The Bertz CT molecular complexity index is 442. The normalized spacial score (nSPS) is 11.9. The SMILES string of the molecule is CN[C@@H](C)c1cc(C(=O)OC)cc(C=O)c1O. The Labute approximate surface area is 99.4 Å². The molecule has 5 heteroatoms. The summed E-state index contributed by atoms with van der Waals surface area (Å²) in [5, 5.41) is 12.8. The molecule has 0 amide bonds. The number of benzene rings is 1. The highest BCUT2D eigenvalue weighted by Gasteiger charge is 2.17. The third-order valence-corrected chi connectivity index (χ3v) is 2.62. The quantitative estimate of drug-likeness (QED) is 0.609. The summed E-state index contributed by atoms with van der Waals surface area (Å²) in [6.07, 6.45) is 0.508. The second-order valence-corrected chi connectivity index (χ2v) is 3.62. The number of phenolic OH excluding ortho intramolecular Hbond substituents is 1. The molecule has 0 saturated carbocycles. The zero-order valence-electron chi connectivity index (χ0n) is 9.98. The maximum Gasteiger partial charge on any atom is 0.337 e. The summed E-state index contributed by atoms with van der Waals surface area (Å²) in [7, 11) is 2.98. The van der Waals surface area contributed by atoms with Gasteiger partial charge in [-0.05, 0) is 26.1 Å². The minimum atomic E-state index is -0.544. The molecular weight excluding hydrogens is 222 g/mol. The van der Waals surface area contributed by atoms with Gasteiger partial charge in [0.2, 0.25) is 0 Å². The summed E-state index contributed by atoms with van der Waals surface area (Å²) in [6.45, 7) is 1.81. The number of rotatable bonds is 4. The van der Waals surface area contributed by atoms with Gasteiger partial charge < -0.3 is 15.2 Å². The summed E-state index contributed by atoms with van der Waals surface area (Å²) < 4.78 is 4.59. The van der Waals surface area contributed by atoms with Crippen molar-refractivity contribution in [3.63, 3.8) is 0 Å². The number of esters is 1. The predicted octanol–water partition coefficient (Wildman–Crippen LogP) is 1.27. The summed E-state index contributed by atoms with van der Waals surface area (Å²) in [4.78, 5) is 22.2. The molecule has 1 rings (SSSR count). The van der Waals surface area contributed by atoms with E-state index in [2.05, 4.69) is 10.1 Å². The van der Waals surface area contributed by atoms with Gasteiger partial charge in [0.1, 0.15) is 5.75 Å². The van der Waals surface area contributed by atoms with Gasteiger partial charge in [-0.3, -0.25) is 4.79 Å². The maximum atomic E-state index is 11.4. The molecule has 0 aliphatic rings. The molecular formula is C12H15NO4. The molecule has 1 aromatic carbocycles. The Morgan fingerprint density at radius 2 is 2.18 bits per heavy atom. The third-order valence-electron chi connectivity index (χ3n) is 2.62. The number of hydrogen-bond donors (Lipinski definition) is 2. The number of phenols is 1. The molecule has 0 aromatic heterocycles. The molecule has 0 unspecified atom stereocenters. The number of aldehydes is 1. The number of carbonyl (C=O) groups is 2. The molecule has 0 aliphatic heterocycles. The van der Waals surface area contributed by atoms with Crippen LogP contribution in [0.5, 0.6) is 5.75 Å². The summed E-state index contributed by atoms with van der Waals surface area (Å²) in [5.41, 5.74) is 0.798. The van der Waals surface area contributed by atoms with Crippen LogP contribution in [0.15, 0.2) is 12.1 Å². The van der Waals surface area contributed by atoms with Gasteiger partial charge in [-0.25, -0.2) is 4.79 Å². The number of carbonyl (C=O) groups excluding carboxylic acids is 2. The van der Waals surface area contributed by atoms with Crippen molar-refractivity contribution in [2.24, 2.45) is 0 Å². The van der Waals surface area contributed by atoms with Crippen LogP contribution in [0.3, 0.4) is 0 Å². The van der Waals surface area contributed by atoms with Crippen LogP contribution in [0.1, 0.15) is 39.2 Å². The van der Waals surface area contributed by atoms with Crippen LogP contribution < -0.4 is 5.32 Å². The van der Waals surface area contributed by atoms with Crippen molar-refractivity contribution in [3.8, 4) is 5.75 Å². The Morgan fingerprint density at radius 1 is 1.53 bits per heavy atom. The van der Waals surface area contributed by atoms with Crippen LogP contribution in [0.2, 0.25) is 0 Å². The molecule has 0 saturated heterocycles. The van der Waals surface area contributed by atoms with Crippen molar-refractivity contribution in [2.75, 3.05) is 14.2 Å². The smallest absolute Gasteiger partial charge is 0.337 e. The molecule has 0 spiro atoms. The largest absolute Gasteiger partial charge is 0.507 e. The fraction of sp³-hybridized carbons (Fsp3) is 0.333. The van der Waals surface area contributed by atoms with Gasteiger partial charge in [0.05, 0.1) is 18.2 Å². The van der Waals surface area contributed by atoms with E-state index in [9.17, 15) is 14.7 Å². The summed E-state index contributed by atoms with van der Waals surface area (Å²) in [6, 6.07) is 2.63. The van der Waals surface area contributed by atoms with Crippen molar-refractivity contribution in [1.29, 1.82) is 0 Å². The van der Waals surface area contributed by atoms with Crippen molar-refractivity contribution in [2.45, 2.75) is 13.0 Å². The molecule has 5 nitrogen and oxygen atoms in total. The first-order valence-electron chi connectivity index (χ1n) is 5.12.